The second kappa shape index (κ2) is 55.5. The van der Waals surface area contributed by atoms with Crippen LogP contribution in [0, 0.1) is 0 Å². The van der Waals surface area contributed by atoms with Crippen molar-refractivity contribution in [3.63, 3.8) is 0 Å². The Hall–Kier alpha value is -0.520. The minimum absolute atomic E-state index is 0.517. The number of unbranched alkanes of at least 4 members (excludes halogenated alkanes) is 14. The summed E-state index contributed by atoms with van der Waals surface area (Å²) >= 11 is 0. The van der Waals surface area contributed by atoms with E-state index in [4.69, 9.17) is 61.6 Å². The average Bonchev–Trinajstić information content (AvgIpc) is 3.22. The molecule has 0 aromatic heterocycles. The standard InChI is InChI=1S/C44H90O13/c1-3-5-7-9-11-12-13-14-16-18-20-46-22-24-48-26-28-50-30-32-52-34-36-54-38-40-56-42-44-57-43-41-55-39-37-53-35-33-51-31-29-49-27-25-47-23-21-45-19-17-15-10-8-6-4-2/h3-44H2,1-2H3. The Kier molecular flexibility index (Phi) is 55.0. The van der Waals surface area contributed by atoms with Gasteiger partial charge < -0.3 is 61.6 Å². The molecule has 0 fully saturated rings. The van der Waals surface area contributed by atoms with Crippen LogP contribution in [-0.2, 0) is 61.6 Å². The van der Waals surface area contributed by atoms with Crippen LogP contribution in [-0.4, -0.2) is 172 Å². The van der Waals surface area contributed by atoms with Crippen molar-refractivity contribution in [1.29, 1.82) is 0 Å². The molecule has 0 atom stereocenters. The van der Waals surface area contributed by atoms with Crippen LogP contribution in [0.3, 0.4) is 0 Å². The van der Waals surface area contributed by atoms with Gasteiger partial charge in [-0.25, -0.2) is 0 Å². The molecule has 0 rings (SSSR count). The van der Waals surface area contributed by atoms with Crippen LogP contribution in [0.25, 0.3) is 0 Å². The van der Waals surface area contributed by atoms with Gasteiger partial charge in [0.1, 0.15) is 0 Å². The van der Waals surface area contributed by atoms with Gasteiger partial charge in [-0.1, -0.05) is 104 Å². The van der Waals surface area contributed by atoms with Crippen molar-refractivity contribution in [2.45, 2.75) is 117 Å². The summed E-state index contributed by atoms with van der Waals surface area (Å²) < 4.78 is 72.0. The molecule has 0 N–H and O–H groups in total. The molecule has 0 spiro atoms. The third kappa shape index (κ3) is 55.5. The second-order valence-electron chi connectivity index (χ2n) is 13.9. The summed E-state index contributed by atoms with van der Waals surface area (Å²) in [6, 6.07) is 0. The van der Waals surface area contributed by atoms with Crippen molar-refractivity contribution in [2.24, 2.45) is 0 Å². The molecule has 0 bridgehead atoms. The fraction of sp³-hybridized carbons (Fsp3) is 1.00. The minimum atomic E-state index is 0.517. The van der Waals surface area contributed by atoms with E-state index in [2.05, 4.69) is 13.8 Å². The monoisotopic (exact) mass is 827 g/mol. The Morgan fingerprint density at radius 1 is 0.140 bits per heavy atom. The summed E-state index contributed by atoms with van der Waals surface area (Å²) in [5.41, 5.74) is 0. The van der Waals surface area contributed by atoms with Gasteiger partial charge in [0.25, 0.3) is 0 Å². The van der Waals surface area contributed by atoms with Crippen molar-refractivity contribution in [3.05, 3.63) is 0 Å². The topological polar surface area (TPSA) is 120 Å². The quantitative estimate of drug-likeness (QED) is 0.0565. The smallest absolute Gasteiger partial charge is 0.0701 e. The van der Waals surface area contributed by atoms with Gasteiger partial charge >= 0.3 is 0 Å². The predicted molar refractivity (Wildman–Crippen MR) is 226 cm³/mol. The molecule has 0 aliphatic heterocycles. The Morgan fingerprint density at radius 2 is 0.263 bits per heavy atom. The molecule has 13 nitrogen and oxygen atoms in total. The van der Waals surface area contributed by atoms with Crippen LogP contribution in [0.2, 0.25) is 0 Å². The van der Waals surface area contributed by atoms with E-state index in [-0.39, 0.29) is 0 Å². The van der Waals surface area contributed by atoms with E-state index in [0.717, 1.165) is 26.1 Å². The molecular formula is C44H90O13. The van der Waals surface area contributed by atoms with E-state index < -0.39 is 0 Å². The summed E-state index contributed by atoms with van der Waals surface area (Å²) in [5.74, 6) is 0. The molecule has 0 saturated carbocycles. The van der Waals surface area contributed by atoms with E-state index in [1.54, 1.807) is 0 Å². The normalized spacial score (nSPS) is 11.7. The largest absolute Gasteiger partial charge is 0.379 e. The molecule has 0 aliphatic carbocycles. The highest BCUT2D eigenvalue weighted by molar-refractivity contribution is 4.48. The van der Waals surface area contributed by atoms with E-state index in [9.17, 15) is 0 Å². The third-order valence-electron chi connectivity index (χ3n) is 8.75. The van der Waals surface area contributed by atoms with Gasteiger partial charge in [0, 0.05) is 13.2 Å². The maximum atomic E-state index is 5.66. The molecule has 0 aliphatic rings. The van der Waals surface area contributed by atoms with Crippen molar-refractivity contribution in [2.75, 3.05) is 172 Å². The van der Waals surface area contributed by atoms with Crippen LogP contribution in [0.5, 0.6) is 0 Å². The summed E-state index contributed by atoms with van der Waals surface area (Å²) in [4.78, 5) is 0. The van der Waals surface area contributed by atoms with Crippen LogP contribution in [0.4, 0.5) is 0 Å². The predicted octanol–water partition coefficient (Wildman–Crippen LogP) is 7.48. The zero-order chi connectivity index (χ0) is 40.9. The Labute approximate surface area is 349 Å². The van der Waals surface area contributed by atoms with Crippen molar-refractivity contribution >= 4 is 0 Å². The van der Waals surface area contributed by atoms with Crippen molar-refractivity contribution in [3.8, 4) is 0 Å². The number of hydrogen-bond acceptors (Lipinski definition) is 13. The molecule has 0 amide bonds. The number of rotatable bonds is 54. The van der Waals surface area contributed by atoms with Gasteiger partial charge in [0.05, 0.1) is 159 Å². The highest BCUT2D eigenvalue weighted by Gasteiger charge is 1.98. The van der Waals surface area contributed by atoms with Gasteiger partial charge in [-0.05, 0) is 12.8 Å². The summed E-state index contributed by atoms with van der Waals surface area (Å²) in [6.07, 6.45) is 21.1. The van der Waals surface area contributed by atoms with Crippen LogP contribution in [0.15, 0.2) is 0 Å². The van der Waals surface area contributed by atoms with E-state index in [1.807, 2.05) is 0 Å². The number of ether oxygens (including phenoxy) is 13. The number of hydrogen-bond donors (Lipinski definition) is 0. The molecule has 0 aromatic rings. The molecule has 0 unspecified atom stereocenters. The SMILES string of the molecule is CCCCCCCCCCCCOCCOCCOCCOCCOCCOCCOCCOCCOCCOCCOCCOCCOCCCCCCCC. The lowest BCUT2D eigenvalue weighted by atomic mass is 10.1. The van der Waals surface area contributed by atoms with E-state index in [0.29, 0.717) is 159 Å². The molecule has 13 heteroatoms. The third-order valence-corrected chi connectivity index (χ3v) is 8.75. The first-order valence-corrected chi connectivity index (χ1v) is 22.9. The van der Waals surface area contributed by atoms with Crippen LogP contribution < -0.4 is 0 Å². The lowest BCUT2D eigenvalue weighted by Crippen LogP contribution is -2.15. The highest BCUT2D eigenvalue weighted by atomic mass is 16.6. The summed E-state index contributed by atoms with van der Waals surface area (Å²) in [7, 11) is 0. The highest BCUT2D eigenvalue weighted by Crippen LogP contribution is 2.10. The Balaban J connectivity index is 3.05. The average molecular weight is 827 g/mol. The molecule has 0 heterocycles. The molecule has 57 heavy (non-hydrogen) atoms. The van der Waals surface area contributed by atoms with E-state index >= 15 is 0 Å². The van der Waals surface area contributed by atoms with Gasteiger partial charge in [-0.3, -0.25) is 0 Å². The first-order chi connectivity index (χ1) is 28.4. The van der Waals surface area contributed by atoms with E-state index in [1.165, 1.54) is 89.9 Å². The maximum Gasteiger partial charge on any atom is 0.0701 e. The van der Waals surface area contributed by atoms with Gasteiger partial charge in [-0.2, -0.15) is 0 Å². The lowest BCUT2D eigenvalue weighted by molar-refractivity contribution is -0.0290. The first-order valence-electron chi connectivity index (χ1n) is 22.9. The molecular weight excluding hydrogens is 736 g/mol. The lowest BCUT2D eigenvalue weighted by Gasteiger charge is -2.09. The second-order valence-corrected chi connectivity index (χ2v) is 13.9. The van der Waals surface area contributed by atoms with Gasteiger partial charge in [0.2, 0.25) is 0 Å². The molecule has 0 radical (unpaired) electrons. The van der Waals surface area contributed by atoms with Gasteiger partial charge in [0.15, 0.2) is 0 Å². The maximum absolute atomic E-state index is 5.66. The van der Waals surface area contributed by atoms with Crippen molar-refractivity contribution in [1.82, 2.24) is 0 Å². The fourth-order valence-electron chi connectivity index (χ4n) is 5.42. The molecule has 344 valence electrons. The molecule has 0 aromatic carbocycles. The summed E-state index contributed by atoms with van der Waals surface area (Å²) in [5, 5.41) is 0. The Bertz CT molecular complexity index is 626. The zero-order valence-corrected chi connectivity index (χ0v) is 37.0. The summed E-state index contributed by atoms with van der Waals surface area (Å²) in [6.45, 7) is 19.4. The van der Waals surface area contributed by atoms with Gasteiger partial charge in [-0.15, -0.1) is 0 Å². The Morgan fingerprint density at radius 3 is 0.421 bits per heavy atom. The first kappa shape index (κ1) is 56.5. The molecule has 0 saturated heterocycles. The minimum Gasteiger partial charge on any atom is -0.379 e. The van der Waals surface area contributed by atoms with Crippen molar-refractivity contribution < 1.29 is 61.6 Å². The zero-order valence-electron chi connectivity index (χ0n) is 37.0. The van der Waals surface area contributed by atoms with Crippen LogP contribution >= 0.6 is 0 Å². The van der Waals surface area contributed by atoms with Crippen LogP contribution in [0.1, 0.15) is 117 Å². The fourth-order valence-corrected chi connectivity index (χ4v) is 5.42.